The maximum absolute atomic E-state index is 12.7. The number of hydrogen-bond donors (Lipinski definition) is 0. The number of carbonyl (C=O) groups excluding carboxylic acids is 1. The first-order chi connectivity index (χ1) is 12.7. The fourth-order valence-corrected chi connectivity index (χ4v) is 5.78. The third kappa shape index (κ3) is 5.24. The Labute approximate surface area is 160 Å². The predicted octanol–water partition coefficient (Wildman–Crippen LogP) is 5.90. The van der Waals surface area contributed by atoms with Crippen molar-refractivity contribution in [1.82, 2.24) is 0 Å². The number of ether oxygens (including phenoxy) is 2. The third-order valence-electron chi connectivity index (χ3n) is 7.59. The monoisotopic (exact) mass is 364 g/mol. The summed E-state index contributed by atoms with van der Waals surface area (Å²) in [6.07, 6.45) is 18.0. The van der Waals surface area contributed by atoms with Crippen molar-refractivity contribution in [2.45, 2.75) is 109 Å². The highest BCUT2D eigenvalue weighted by Gasteiger charge is 2.40. The van der Waals surface area contributed by atoms with Crippen LogP contribution in [0.5, 0.6) is 0 Å². The van der Waals surface area contributed by atoms with E-state index in [4.69, 9.17) is 9.47 Å². The quantitative estimate of drug-likeness (QED) is 0.417. The number of unbranched alkanes of at least 4 members (excludes halogenated alkanes) is 2. The molecule has 150 valence electrons. The van der Waals surface area contributed by atoms with Gasteiger partial charge in [-0.2, -0.15) is 0 Å². The lowest BCUT2D eigenvalue weighted by Crippen LogP contribution is -2.41. The Hall–Kier alpha value is -0.570. The Balaban J connectivity index is 1.40. The van der Waals surface area contributed by atoms with Crippen molar-refractivity contribution in [1.29, 1.82) is 0 Å². The zero-order valence-corrected chi connectivity index (χ0v) is 17.1. The van der Waals surface area contributed by atoms with Crippen molar-refractivity contribution in [3.05, 3.63) is 0 Å². The number of carbonyl (C=O) groups is 1. The Morgan fingerprint density at radius 2 is 1.58 bits per heavy atom. The lowest BCUT2D eigenvalue weighted by molar-refractivity contribution is -0.169. The molecular formula is C23H40O3. The molecule has 1 saturated heterocycles. The Bertz CT molecular complexity index is 419. The molecule has 0 amide bonds. The lowest BCUT2D eigenvalue weighted by atomic mass is 9.72. The average Bonchev–Trinajstić information content (AvgIpc) is 2.69. The Kier molecular flexibility index (Phi) is 7.84. The molecule has 3 nitrogen and oxygen atoms in total. The van der Waals surface area contributed by atoms with Crippen LogP contribution in [0.3, 0.4) is 0 Å². The average molecular weight is 365 g/mol. The van der Waals surface area contributed by atoms with Crippen molar-refractivity contribution in [3.63, 3.8) is 0 Å². The largest absolute Gasteiger partial charge is 0.462 e. The summed E-state index contributed by atoms with van der Waals surface area (Å²) in [7, 11) is 1.81. The van der Waals surface area contributed by atoms with Gasteiger partial charge in [0.1, 0.15) is 6.10 Å². The van der Waals surface area contributed by atoms with Crippen molar-refractivity contribution >= 4 is 5.97 Å². The van der Waals surface area contributed by atoms with Gasteiger partial charge in [-0.15, -0.1) is 0 Å². The zero-order valence-electron chi connectivity index (χ0n) is 17.1. The van der Waals surface area contributed by atoms with Crippen LogP contribution in [-0.2, 0) is 14.3 Å². The van der Waals surface area contributed by atoms with Crippen LogP contribution in [-0.4, -0.2) is 25.3 Å². The maximum atomic E-state index is 12.7. The number of esters is 1. The SMILES string of the molecule is CCCCCC1CCC(C2CCC(C3CCC(OC)CC3)C(=O)O2)CC1. The van der Waals surface area contributed by atoms with Gasteiger partial charge >= 0.3 is 5.97 Å². The molecule has 26 heavy (non-hydrogen) atoms. The molecule has 2 unspecified atom stereocenters. The fraction of sp³-hybridized carbons (Fsp3) is 0.957. The van der Waals surface area contributed by atoms with Crippen LogP contribution < -0.4 is 0 Å². The van der Waals surface area contributed by atoms with E-state index >= 15 is 0 Å². The third-order valence-corrected chi connectivity index (χ3v) is 7.59. The molecule has 3 aliphatic rings. The molecule has 0 bridgehead atoms. The minimum atomic E-state index is 0.118. The van der Waals surface area contributed by atoms with Gasteiger partial charge in [0.05, 0.1) is 12.0 Å². The maximum Gasteiger partial charge on any atom is 0.309 e. The Morgan fingerprint density at radius 3 is 2.19 bits per heavy atom. The van der Waals surface area contributed by atoms with Crippen molar-refractivity contribution in [2.24, 2.45) is 23.7 Å². The molecule has 1 aliphatic heterocycles. The fourth-order valence-electron chi connectivity index (χ4n) is 5.78. The van der Waals surface area contributed by atoms with Crippen molar-refractivity contribution in [2.75, 3.05) is 7.11 Å². The summed E-state index contributed by atoms with van der Waals surface area (Å²) in [5.74, 6) is 2.37. The highest BCUT2D eigenvalue weighted by molar-refractivity contribution is 5.73. The summed E-state index contributed by atoms with van der Waals surface area (Å²) in [6, 6.07) is 0. The Morgan fingerprint density at radius 1 is 0.885 bits per heavy atom. The van der Waals surface area contributed by atoms with E-state index in [0.717, 1.165) is 44.4 Å². The van der Waals surface area contributed by atoms with E-state index in [2.05, 4.69) is 6.92 Å². The number of cyclic esters (lactones) is 1. The van der Waals surface area contributed by atoms with Crippen LogP contribution in [0.4, 0.5) is 0 Å². The van der Waals surface area contributed by atoms with E-state index < -0.39 is 0 Å². The molecule has 1 heterocycles. The second kappa shape index (κ2) is 10.1. The molecule has 2 saturated carbocycles. The summed E-state index contributed by atoms with van der Waals surface area (Å²) in [6.45, 7) is 2.28. The lowest BCUT2D eigenvalue weighted by Gasteiger charge is -2.40. The van der Waals surface area contributed by atoms with Gasteiger partial charge in [0.15, 0.2) is 0 Å². The summed E-state index contributed by atoms with van der Waals surface area (Å²) in [5, 5.41) is 0. The van der Waals surface area contributed by atoms with Crippen LogP contribution in [0, 0.1) is 23.7 Å². The minimum Gasteiger partial charge on any atom is -0.462 e. The number of methoxy groups -OCH3 is 1. The van der Waals surface area contributed by atoms with Crippen LogP contribution in [0.25, 0.3) is 0 Å². The normalized spacial score (nSPS) is 38.8. The van der Waals surface area contributed by atoms with E-state index in [1.807, 2.05) is 7.11 Å². The molecule has 0 aromatic carbocycles. The van der Waals surface area contributed by atoms with Crippen molar-refractivity contribution < 1.29 is 14.3 Å². The van der Waals surface area contributed by atoms with Gasteiger partial charge in [-0.05, 0) is 69.1 Å². The van der Waals surface area contributed by atoms with Gasteiger partial charge < -0.3 is 9.47 Å². The predicted molar refractivity (Wildman–Crippen MR) is 105 cm³/mol. The molecule has 0 spiro atoms. The molecule has 3 rings (SSSR count). The van der Waals surface area contributed by atoms with Gasteiger partial charge in [-0.3, -0.25) is 4.79 Å². The van der Waals surface area contributed by atoms with Gasteiger partial charge in [0.25, 0.3) is 0 Å². The molecule has 2 aliphatic carbocycles. The second-order valence-corrected chi connectivity index (χ2v) is 9.21. The second-order valence-electron chi connectivity index (χ2n) is 9.21. The highest BCUT2D eigenvalue weighted by Crippen LogP contribution is 2.41. The van der Waals surface area contributed by atoms with E-state index in [1.165, 1.54) is 51.4 Å². The van der Waals surface area contributed by atoms with Gasteiger partial charge in [0, 0.05) is 7.11 Å². The van der Waals surface area contributed by atoms with Gasteiger partial charge in [-0.1, -0.05) is 45.4 Å². The molecule has 2 atom stereocenters. The number of rotatable bonds is 7. The van der Waals surface area contributed by atoms with Crippen molar-refractivity contribution in [3.8, 4) is 0 Å². The molecule has 0 aromatic rings. The first-order valence-electron chi connectivity index (χ1n) is 11.4. The highest BCUT2D eigenvalue weighted by atomic mass is 16.5. The summed E-state index contributed by atoms with van der Waals surface area (Å²) < 4.78 is 11.5. The van der Waals surface area contributed by atoms with E-state index in [0.29, 0.717) is 17.9 Å². The van der Waals surface area contributed by atoms with Gasteiger partial charge in [-0.25, -0.2) is 0 Å². The zero-order chi connectivity index (χ0) is 18.4. The first-order valence-corrected chi connectivity index (χ1v) is 11.4. The van der Waals surface area contributed by atoms with E-state index in [9.17, 15) is 4.79 Å². The molecule has 0 radical (unpaired) electrons. The van der Waals surface area contributed by atoms with Crippen LogP contribution in [0.2, 0.25) is 0 Å². The molecule has 0 N–H and O–H groups in total. The van der Waals surface area contributed by atoms with E-state index in [1.54, 1.807) is 0 Å². The molecule has 3 heteroatoms. The van der Waals surface area contributed by atoms with E-state index in [-0.39, 0.29) is 18.0 Å². The minimum absolute atomic E-state index is 0.118. The summed E-state index contributed by atoms with van der Waals surface area (Å²) >= 11 is 0. The standard InChI is InChI=1S/C23H40O3/c1-3-4-5-6-17-7-9-19(10-8-17)22-16-15-21(23(24)26-22)18-11-13-20(25-2)14-12-18/h17-22H,3-16H2,1-2H3. The van der Waals surface area contributed by atoms with Crippen LogP contribution in [0.1, 0.15) is 96.8 Å². The topological polar surface area (TPSA) is 35.5 Å². The summed E-state index contributed by atoms with van der Waals surface area (Å²) in [4.78, 5) is 12.7. The molecule has 0 aromatic heterocycles. The smallest absolute Gasteiger partial charge is 0.309 e. The number of hydrogen-bond acceptors (Lipinski definition) is 3. The van der Waals surface area contributed by atoms with Crippen LogP contribution in [0.15, 0.2) is 0 Å². The van der Waals surface area contributed by atoms with Gasteiger partial charge in [0.2, 0.25) is 0 Å². The molecular weight excluding hydrogens is 324 g/mol. The summed E-state index contributed by atoms with van der Waals surface area (Å²) in [5.41, 5.74) is 0. The van der Waals surface area contributed by atoms with Crippen LogP contribution >= 0.6 is 0 Å². The first kappa shape index (κ1) is 20.2. The molecule has 3 fully saturated rings.